The van der Waals surface area contributed by atoms with Gasteiger partial charge in [-0.25, -0.2) is 0 Å². The maximum absolute atomic E-state index is 4.16. The summed E-state index contributed by atoms with van der Waals surface area (Å²) in [6.07, 6.45) is 0. The third-order valence-electron chi connectivity index (χ3n) is 1.97. The van der Waals surface area contributed by atoms with Gasteiger partial charge in [-0.1, -0.05) is 13.8 Å². The highest BCUT2D eigenvalue weighted by molar-refractivity contribution is 5.79. The standard InChI is InChI=1S/C12H28N4/c1-10(2)9-15-11(13-6)14-7-8-16-12(3,4)5/h10,16H,7-9H2,1-6H3,(H2,13,14,15). The van der Waals surface area contributed by atoms with Gasteiger partial charge in [-0.15, -0.1) is 0 Å². The van der Waals surface area contributed by atoms with Crippen LogP contribution in [0.25, 0.3) is 0 Å². The Hall–Kier alpha value is -0.770. The van der Waals surface area contributed by atoms with Crippen LogP contribution in [0.4, 0.5) is 0 Å². The average molecular weight is 228 g/mol. The van der Waals surface area contributed by atoms with E-state index in [-0.39, 0.29) is 5.54 Å². The van der Waals surface area contributed by atoms with Crippen LogP contribution in [-0.4, -0.2) is 38.2 Å². The Morgan fingerprint density at radius 3 is 2.19 bits per heavy atom. The monoisotopic (exact) mass is 228 g/mol. The van der Waals surface area contributed by atoms with Crippen molar-refractivity contribution in [2.24, 2.45) is 10.9 Å². The molecule has 0 rings (SSSR count). The van der Waals surface area contributed by atoms with Crippen LogP contribution < -0.4 is 16.0 Å². The van der Waals surface area contributed by atoms with Crippen LogP contribution in [0.15, 0.2) is 4.99 Å². The van der Waals surface area contributed by atoms with Crippen molar-refractivity contribution < 1.29 is 0 Å². The van der Waals surface area contributed by atoms with E-state index < -0.39 is 0 Å². The number of rotatable bonds is 5. The van der Waals surface area contributed by atoms with Gasteiger partial charge in [-0.2, -0.15) is 0 Å². The molecule has 0 fully saturated rings. The summed E-state index contributed by atoms with van der Waals surface area (Å²) in [4.78, 5) is 4.16. The second-order valence-electron chi connectivity index (χ2n) is 5.45. The van der Waals surface area contributed by atoms with Crippen LogP contribution in [0.3, 0.4) is 0 Å². The molecule has 0 radical (unpaired) electrons. The van der Waals surface area contributed by atoms with E-state index in [4.69, 9.17) is 0 Å². The van der Waals surface area contributed by atoms with E-state index in [1.165, 1.54) is 0 Å². The van der Waals surface area contributed by atoms with Crippen molar-refractivity contribution in [3.63, 3.8) is 0 Å². The SMILES string of the molecule is CN=C(NCCNC(C)(C)C)NCC(C)C. The van der Waals surface area contributed by atoms with Crippen molar-refractivity contribution in [1.29, 1.82) is 0 Å². The van der Waals surface area contributed by atoms with Gasteiger partial charge in [-0.3, -0.25) is 4.99 Å². The molecule has 0 aliphatic heterocycles. The Morgan fingerprint density at radius 1 is 1.12 bits per heavy atom. The van der Waals surface area contributed by atoms with Gasteiger partial charge in [0.15, 0.2) is 5.96 Å². The van der Waals surface area contributed by atoms with Gasteiger partial charge >= 0.3 is 0 Å². The van der Waals surface area contributed by atoms with E-state index in [1.54, 1.807) is 7.05 Å². The highest BCUT2D eigenvalue weighted by atomic mass is 15.2. The van der Waals surface area contributed by atoms with E-state index >= 15 is 0 Å². The van der Waals surface area contributed by atoms with Gasteiger partial charge in [0.1, 0.15) is 0 Å². The number of nitrogens with one attached hydrogen (secondary N) is 3. The van der Waals surface area contributed by atoms with Crippen molar-refractivity contribution in [1.82, 2.24) is 16.0 Å². The molecular weight excluding hydrogens is 200 g/mol. The molecule has 0 saturated carbocycles. The Labute approximate surface area is 100 Å². The third kappa shape index (κ3) is 9.77. The molecule has 0 unspecified atom stereocenters. The second kappa shape index (κ2) is 7.49. The summed E-state index contributed by atoms with van der Waals surface area (Å²) in [7, 11) is 1.80. The number of hydrogen-bond donors (Lipinski definition) is 3. The molecule has 0 aromatic rings. The zero-order valence-corrected chi connectivity index (χ0v) is 11.6. The molecule has 0 aliphatic carbocycles. The minimum atomic E-state index is 0.177. The fourth-order valence-electron chi connectivity index (χ4n) is 1.14. The number of aliphatic imine (C=N–C) groups is 1. The predicted octanol–water partition coefficient (Wildman–Crippen LogP) is 1.20. The smallest absolute Gasteiger partial charge is 0.191 e. The molecule has 0 aromatic heterocycles. The molecule has 0 spiro atoms. The summed E-state index contributed by atoms with van der Waals surface area (Å²) in [6, 6.07) is 0. The third-order valence-corrected chi connectivity index (χ3v) is 1.97. The Bertz CT molecular complexity index is 204. The van der Waals surface area contributed by atoms with Crippen molar-refractivity contribution in [3.8, 4) is 0 Å². The fourth-order valence-corrected chi connectivity index (χ4v) is 1.14. The lowest BCUT2D eigenvalue weighted by molar-refractivity contribution is 0.428. The van der Waals surface area contributed by atoms with Crippen LogP contribution in [-0.2, 0) is 0 Å². The molecule has 0 saturated heterocycles. The van der Waals surface area contributed by atoms with E-state index in [0.29, 0.717) is 5.92 Å². The molecule has 96 valence electrons. The molecule has 0 amide bonds. The Balaban J connectivity index is 3.65. The molecule has 16 heavy (non-hydrogen) atoms. The maximum atomic E-state index is 4.16. The average Bonchev–Trinajstić information content (AvgIpc) is 2.15. The number of nitrogens with zero attached hydrogens (tertiary/aromatic N) is 1. The number of guanidine groups is 1. The van der Waals surface area contributed by atoms with Crippen molar-refractivity contribution in [2.75, 3.05) is 26.7 Å². The zero-order valence-electron chi connectivity index (χ0n) is 11.6. The van der Waals surface area contributed by atoms with Gasteiger partial charge in [0.2, 0.25) is 0 Å². The van der Waals surface area contributed by atoms with Crippen LogP contribution in [0.2, 0.25) is 0 Å². The lowest BCUT2D eigenvalue weighted by Gasteiger charge is -2.21. The van der Waals surface area contributed by atoms with Gasteiger partial charge in [0.05, 0.1) is 0 Å². The molecule has 4 nitrogen and oxygen atoms in total. The topological polar surface area (TPSA) is 48.5 Å². The van der Waals surface area contributed by atoms with Gasteiger partial charge in [0.25, 0.3) is 0 Å². The van der Waals surface area contributed by atoms with Gasteiger partial charge in [-0.05, 0) is 26.7 Å². The second-order valence-corrected chi connectivity index (χ2v) is 5.45. The molecular formula is C12H28N4. The molecule has 0 heterocycles. The summed E-state index contributed by atoms with van der Waals surface area (Å²) < 4.78 is 0. The largest absolute Gasteiger partial charge is 0.356 e. The first-order chi connectivity index (χ1) is 7.35. The lowest BCUT2D eigenvalue weighted by Crippen LogP contribution is -2.45. The highest BCUT2D eigenvalue weighted by Crippen LogP contribution is 1.96. The van der Waals surface area contributed by atoms with Crippen molar-refractivity contribution >= 4 is 5.96 Å². The summed E-state index contributed by atoms with van der Waals surface area (Å²) in [5.74, 6) is 1.51. The maximum Gasteiger partial charge on any atom is 0.191 e. The Morgan fingerprint density at radius 2 is 1.75 bits per heavy atom. The molecule has 0 aliphatic rings. The molecule has 3 N–H and O–H groups in total. The first kappa shape index (κ1) is 15.2. The predicted molar refractivity (Wildman–Crippen MR) is 72.0 cm³/mol. The molecule has 0 bridgehead atoms. The zero-order chi connectivity index (χ0) is 12.6. The number of hydrogen-bond acceptors (Lipinski definition) is 2. The quantitative estimate of drug-likeness (QED) is 0.376. The summed E-state index contributed by atoms with van der Waals surface area (Å²) in [6.45, 7) is 13.6. The van der Waals surface area contributed by atoms with E-state index in [0.717, 1.165) is 25.6 Å². The molecule has 0 atom stereocenters. The van der Waals surface area contributed by atoms with Crippen molar-refractivity contribution in [2.45, 2.75) is 40.2 Å². The van der Waals surface area contributed by atoms with E-state index in [9.17, 15) is 0 Å². The summed E-state index contributed by atoms with van der Waals surface area (Å²) in [5, 5.41) is 9.97. The van der Waals surface area contributed by atoms with E-state index in [2.05, 4.69) is 55.6 Å². The van der Waals surface area contributed by atoms with E-state index in [1.807, 2.05) is 0 Å². The Kier molecular flexibility index (Phi) is 7.13. The lowest BCUT2D eigenvalue weighted by atomic mass is 10.1. The van der Waals surface area contributed by atoms with Crippen LogP contribution in [0.5, 0.6) is 0 Å². The van der Waals surface area contributed by atoms with Gasteiger partial charge in [0, 0.05) is 32.2 Å². The molecule has 4 heteroatoms. The minimum Gasteiger partial charge on any atom is -0.356 e. The van der Waals surface area contributed by atoms with Gasteiger partial charge < -0.3 is 16.0 Å². The fraction of sp³-hybridized carbons (Fsp3) is 0.917. The first-order valence-electron chi connectivity index (χ1n) is 6.04. The highest BCUT2D eigenvalue weighted by Gasteiger charge is 2.07. The first-order valence-corrected chi connectivity index (χ1v) is 6.04. The van der Waals surface area contributed by atoms with Crippen LogP contribution >= 0.6 is 0 Å². The minimum absolute atomic E-state index is 0.177. The summed E-state index contributed by atoms with van der Waals surface area (Å²) >= 11 is 0. The summed E-state index contributed by atoms with van der Waals surface area (Å²) in [5.41, 5.74) is 0.177. The van der Waals surface area contributed by atoms with Crippen LogP contribution in [0, 0.1) is 5.92 Å². The molecule has 0 aromatic carbocycles. The van der Waals surface area contributed by atoms with Crippen molar-refractivity contribution in [3.05, 3.63) is 0 Å². The normalized spacial score (nSPS) is 13.1. The van der Waals surface area contributed by atoms with Crippen LogP contribution in [0.1, 0.15) is 34.6 Å².